The number of hydroxylamine groups is 2. The molecule has 0 aromatic carbocycles. The molecule has 0 amide bonds. The van der Waals surface area contributed by atoms with Gasteiger partial charge in [0.25, 0.3) is 0 Å². The molecule has 8 nitrogen and oxygen atoms in total. The highest BCUT2D eigenvalue weighted by molar-refractivity contribution is 6.06. The third-order valence-electron chi connectivity index (χ3n) is 2.39. The van der Waals surface area contributed by atoms with Gasteiger partial charge in [0, 0.05) is 13.1 Å². The maximum atomic E-state index is 11.2. The monoisotopic (exact) mass is 305 g/mol. The van der Waals surface area contributed by atoms with E-state index in [2.05, 4.69) is 16.6 Å². The number of anilines is 1. The Morgan fingerprint density at radius 2 is 2.41 bits per heavy atom. The molecule has 0 aliphatic heterocycles. The number of nitrogen functional groups attached to an aromatic ring is 1. The molecule has 0 saturated heterocycles. The number of rotatable bonds is 6. The van der Waals surface area contributed by atoms with Crippen molar-refractivity contribution < 1.29 is 14.4 Å². The molecule has 1 heterocycles. The predicted molar refractivity (Wildman–Crippen MR) is 83.2 cm³/mol. The molecule has 3 N–H and O–H groups in total. The van der Waals surface area contributed by atoms with Gasteiger partial charge in [0.05, 0.1) is 12.2 Å². The van der Waals surface area contributed by atoms with Gasteiger partial charge >= 0.3 is 5.97 Å². The fourth-order valence-electron chi connectivity index (χ4n) is 1.54. The minimum atomic E-state index is -0.599. The largest absolute Gasteiger partial charge is 0.383 e. The van der Waals surface area contributed by atoms with Gasteiger partial charge in [-0.1, -0.05) is 6.08 Å². The predicted octanol–water partition coefficient (Wildman–Crippen LogP) is 1.35. The van der Waals surface area contributed by atoms with Crippen molar-refractivity contribution in [2.24, 2.45) is 4.99 Å². The van der Waals surface area contributed by atoms with Crippen LogP contribution in [-0.4, -0.2) is 41.0 Å². The summed E-state index contributed by atoms with van der Waals surface area (Å²) in [5.41, 5.74) is 6.25. The molecule has 0 bridgehead atoms. The van der Waals surface area contributed by atoms with Crippen molar-refractivity contribution in [3.05, 3.63) is 36.5 Å². The van der Waals surface area contributed by atoms with Crippen LogP contribution in [0.5, 0.6) is 0 Å². The molecule has 118 valence electrons. The van der Waals surface area contributed by atoms with Crippen LogP contribution in [0.15, 0.2) is 36.0 Å². The summed E-state index contributed by atoms with van der Waals surface area (Å²) in [6.07, 6.45) is 3.36. The van der Waals surface area contributed by atoms with Crippen LogP contribution in [0.4, 0.5) is 5.82 Å². The second-order valence-corrected chi connectivity index (χ2v) is 4.15. The Hall–Kier alpha value is -2.74. The lowest BCUT2D eigenvalue weighted by atomic mass is 10.2. The zero-order chi connectivity index (χ0) is 16.5. The normalized spacial score (nSPS) is 12.4. The first-order chi connectivity index (χ1) is 10.5. The lowest BCUT2D eigenvalue weighted by molar-refractivity contribution is -0.158. The Morgan fingerprint density at radius 1 is 1.68 bits per heavy atom. The quantitative estimate of drug-likeness (QED) is 0.355. The first-order valence-electron chi connectivity index (χ1n) is 6.49. The number of carbonyl (C=O) groups is 1. The molecule has 1 unspecified atom stereocenters. The molecule has 0 fully saturated rings. The zero-order valence-electron chi connectivity index (χ0n) is 12.5. The molecule has 1 atom stereocenters. The summed E-state index contributed by atoms with van der Waals surface area (Å²) in [7, 11) is 0. The highest BCUT2D eigenvalue weighted by Crippen LogP contribution is 2.13. The maximum absolute atomic E-state index is 11.2. The SMILES string of the molecule is C=CCOC(C)N=C(c1cccnc1N)N(C=N)OC(C)=O. The van der Waals surface area contributed by atoms with Crippen LogP contribution >= 0.6 is 0 Å². The Morgan fingerprint density at radius 3 is 2.95 bits per heavy atom. The summed E-state index contributed by atoms with van der Waals surface area (Å²) in [4.78, 5) is 24.4. The second-order valence-electron chi connectivity index (χ2n) is 4.15. The maximum Gasteiger partial charge on any atom is 0.330 e. The number of nitrogens with zero attached hydrogens (tertiary/aromatic N) is 3. The van der Waals surface area contributed by atoms with E-state index in [4.69, 9.17) is 20.7 Å². The van der Waals surface area contributed by atoms with Crippen LogP contribution in [0.2, 0.25) is 0 Å². The van der Waals surface area contributed by atoms with Crippen molar-refractivity contribution in [1.82, 2.24) is 10.0 Å². The van der Waals surface area contributed by atoms with Gasteiger partial charge in [-0.2, -0.15) is 0 Å². The number of aromatic nitrogens is 1. The van der Waals surface area contributed by atoms with Crippen molar-refractivity contribution >= 4 is 24.0 Å². The number of aliphatic imine (C=N–C) groups is 1. The third-order valence-corrected chi connectivity index (χ3v) is 2.39. The second kappa shape index (κ2) is 8.53. The first-order valence-corrected chi connectivity index (χ1v) is 6.49. The van der Waals surface area contributed by atoms with E-state index in [1.165, 1.54) is 13.1 Å². The lowest BCUT2D eigenvalue weighted by Crippen LogP contribution is -2.34. The molecule has 0 radical (unpaired) electrons. The standard InChI is InChI=1S/C14H19N5O3/c1-4-8-21-10(2)18-14(19(9-15)22-11(3)20)12-6-5-7-17-13(12)16/h4-7,9-10,15H,1,8H2,2-3H3,(H2,16,17). The average Bonchev–Trinajstić information content (AvgIpc) is 2.49. The molecule has 0 aliphatic carbocycles. The number of hydrogen-bond acceptors (Lipinski definition) is 7. The van der Waals surface area contributed by atoms with Crippen molar-refractivity contribution in [3.63, 3.8) is 0 Å². The smallest absolute Gasteiger partial charge is 0.330 e. The van der Waals surface area contributed by atoms with E-state index in [1.54, 1.807) is 25.1 Å². The molecule has 0 spiro atoms. The van der Waals surface area contributed by atoms with Gasteiger partial charge in [0.2, 0.25) is 0 Å². The van der Waals surface area contributed by atoms with Gasteiger partial charge < -0.3 is 15.3 Å². The van der Waals surface area contributed by atoms with E-state index < -0.39 is 12.2 Å². The van der Waals surface area contributed by atoms with Crippen LogP contribution in [0.1, 0.15) is 19.4 Å². The number of amidine groups is 1. The number of nitrogens with one attached hydrogen (secondary N) is 1. The van der Waals surface area contributed by atoms with Crippen molar-refractivity contribution in [1.29, 1.82) is 5.41 Å². The van der Waals surface area contributed by atoms with Gasteiger partial charge in [-0.3, -0.25) is 5.41 Å². The minimum Gasteiger partial charge on any atom is -0.383 e. The Labute approximate surface area is 128 Å². The molecule has 1 aromatic rings. The Kier molecular flexibility index (Phi) is 6.71. The first kappa shape index (κ1) is 17.3. The fraction of sp³-hybridized carbons (Fsp3) is 0.286. The van der Waals surface area contributed by atoms with E-state index in [0.29, 0.717) is 12.2 Å². The van der Waals surface area contributed by atoms with Gasteiger partial charge in [-0.15, -0.1) is 11.6 Å². The number of nitrogens with two attached hydrogens (primary N) is 1. The molecule has 0 saturated carbocycles. The Balaban J connectivity index is 3.22. The fourth-order valence-corrected chi connectivity index (χ4v) is 1.54. The molecule has 1 aromatic heterocycles. The summed E-state index contributed by atoms with van der Waals surface area (Å²) in [6, 6.07) is 3.31. The molecular formula is C14H19N5O3. The Bertz CT molecular complexity index is 573. The topological polar surface area (TPSA) is 114 Å². The summed E-state index contributed by atoms with van der Waals surface area (Å²) in [6.45, 7) is 6.78. The minimum absolute atomic E-state index is 0.146. The van der Waals surface area contributed by atoms with E-state index >= 15 is 0 Å². The molecular weight excluding hydrogens is 286 g/mol. The molecule has 1 rings (SSSR count). The van der Waals surface area contributed by atoms with Gasteiger partial charge in [-0.25, -0.2) is 14.8 Å². The number of pyridine rings is 1. The van der Waals surface area contributed by atoms with Crippen LogP contribution in [0, 0.1) is 5.41 Å². The van der Waals surface area contributed by atoms with Gasteiger partial charge in [0.15, 0.2) is 5.84 Å². The van der Waals surface area contributed by atoms with Crippen LogP contribution in [0.3, 0.4) is 0 Å². The lowest BCUT2D eigenvalue weighted by Gasteiger charge is -2.21. The molecule has 22 heavy (non-hydrogen) atoms. The number of carbonyl (C=O) groups excluding carboxylic acids is 1. The summed E-state index contributed by atoms with van der Waals surface area (Å²) in [5, 5.41) is 8.32. The summed E-state index contributed by atoms with van der Waals surface area (Å²) < 4.78 is 5.37. The molecule has 8 heteroatoms. The van der Waals surface area contributed by atoms with E-state index in [1.807, 2.05) is 0 Å². The van der Waals surface area contributed by atoms with Crippen LogP contribution in [0.25, 0.3) is 0 Å². The van der Waals surface area contributed by atoms with Crippen LogP contribution < -0.4 is 5.73 Å². The van der Waals surface area contributed by atoms with Crippen molar-refractivity contribution in [2.45, 2.75) is 20.1 Å². The van der Waals surface area contributed by atoms with Crippen molar-refractivity contribution in [2.75, 3.05) is 12.3 Å². The number of ether oxygens (including phenoxy) is 1. The van der Waals surface area contributed by atoms with E-state index in [9.17, 15) is 4.79 Å². The molecule has 0 aliphatic rings. The van der Waals surface area contributed by atoms with Crippen LogP contribution in [-0.2, 0) is 14.4 Å². The highest BCUT2D eigenvalue weighted by atomic mass is 16.7. The average molecular weight is 305 g/mol. The third kappa shape index (κ3) is 4.98. The zero-order valence-corrected chi connectivity index (χ0v) is 12.5. The van der Waals surface area contributed by atoms with Crippen molar-refractivity contribution in [3.8, 4) is 0 Å². The summed E-state index contributed by atoms with van der Waals surface area (Å²) in [5.74, 6) is -0.262. The van der Waals surface area contributed by atoms with E-state index in [-0.39, 0.29) is 11.7 Å². The van der Waals surface area contributed by atoms with Gasteiger partial charge in [-0.05, 0) is 19.1 Å². The number of hydrogen-bond donors (Lipinski definition) is 2. The van der Waals surface area contributed by atoms with Gasteiger partial charge in [0.1, 0.15) is 18.4 Å². The summed E-state index contributed by atoms with van der Waals surface area (Å²) >= 11 is 0. The van der Waals surface area contributed by atoms with E-state index in [0.717, 1.165) is 11.4 Å². The highest BCUT2D eigenvalue weighted by Gasteiger charge is 2.19.